The molecule has 0 bridgehead atoms. The molecule has 1 aromatic rings. The van der Waals surface area contributed by atoms with Gasteiger partial charge in [-0.05, 0) is 63.6 Å². The molecule has 0 saturated heterocycles. The molecule has 8 heteroatoms. The second kappa shape index (κ2) is 9.32. The summed E-state index contributed by atoms with van der Waals surface area (Å²) in [6.45, 7) is 4.38. The van der Waals surface area contributed by atoms with Crippen LogP contribution in [0.3, 0.4) is 0 Å². The minimum Gasteiger partial charge on any atom is -0.356 e. The normalized spacial score (nSPS) is 20.3. The molecule has 1 aliphatic carbocycles. The third-order valence-corrected chi connectivity index (χ3v) is 5.79. The number of amides is 2. The molecule has 0 aliphatic heterocycles. The summed E-state index contributed by atoms with van der Waals surface area (Å²) in [7, 11) is -3.68. The lowest BCUT2D eigenvalue weighted by molar-refractivity contribution is -0.130. The molecule has 2 amide bonds. The van der Waals surface area contributed by atoms with E-state index in [0.717, 1.165) is 31.2 Å². The van der Waals surface area contributed by atoms with Crippen LogP contribution in [0.1, 0.15) is 45.1 Å². The van der Waals surface area contributed by atoms with Gasteiger partial charge < -0.3 is 10.6 Å². The summed E-state index contributed by atoms with van der Waals surface area (Å²) < 4.78 is 22.5. The van der Waals surface area contributed by atoms with Gasteiger partial charge in [0.25, 0.3) is 0 Å². The lowest BCUT2D eigenvalue weighted by atomic mass is 9.81. The maximum atomic E-state index is 12.3. The minimum atomic E-state index is -3.68. The fourth-order valence-electron chi connectivity index (χ4n) is 3.34. The highest BCUT2D eigenvalue weighted by atomic mass is 32.2. The van der Waals surface area contributed by atoms with Crippen molar-refractivity contribution >= 4 is 21.8 Å². The topological polar surface area (TPSA) is 118 Å². The largest absolute Gasteiger partial charge is 0.356 e. The summed E-state index contributed by atoms with van der Waals surface area (Å²) in [6.07, 6.45) is 3.55. The molecule has 0 heterocycles. The van der Waals surface area contributed by atoms with Gasteiger partial charge in [-0.2, -0.15) is 0 Å². The number of nitrogens with two attached hydrogens (primary N) is 1. The van der Waals surface area contributed by atoms with E-state index < -0.39 is 10.0 Å². The SMILES string of the molecule is CC(C)NC(=O)C1CCC(C(=O)NCCc2ccc(S(N)(=O)=O)cc2)CC1. The van der Waals surface area contributed by atoms with Gasteiger partial charge in [-0.15, -0.1) is 0 Å². The van der Waals surface area contributed by atoms with Crippen LogP contribution in [0, 0.1) is 11.8 Å². The van der Waals surface area contributed by atoms with Crippen LogP contribution >= 0.6 is 0 Å². The average molecular weight is 396 g/mol. The number of carbonyl (C=O) groups excluding carboxylic acids is 2. The first-order valence-corrected chi connectivity index (χ1v) is 10.9. The van der Waals surface area contributed by atoms with Gasteiger partial charge in [-0.1, -0.05) is 12.1 Å². The Labute approximate surface area is 161 Å². The summed E-state index contributed by atoms with van der Waals surface area (Å²) in [6, 6.07) is 6.47. The van der Waals surface area contributed by atoms with Gasteiger partial charge >= 0.3 is 0 Å². The van der Waals surface area contributed by atoms with Crippen LogP contribution in [0.2, 0.25) is 0 Å². The molecule has 2 rings (SSSR count). The summed E-state index contributed by atoms with van der Waals surface area (Å²) in [5.74, 6) is 0.0809. The van der Waals surface area contributed by atoms with E-state index in [1.807, 2.05) is 13.8 Å². The smallest absolute Gasteiger partial charge is 0.238 e. The highest BCUT2D eigenvalue weighted by molar-refractivity contribution is 7.89. The monoisotopic (exact) mass is 395 g/mol. The van der Waals surface area contributed by atoms with Crippen molar-refractivity contribution in [2.24, 2.45) is 17.0 Å². The van der Waals surface area contributed by atoms with Crippen molar-refractivity contribution in [3.05, 3.63) is 29.8 Å². The molecular formula is C19H29N3O4S. The average Bonchev–Trinajstić information content (AvgIpc) is 2.61. The van der Waals surface area contributed by atoms with E-state index in [0.29, 0.717) is 13.0 Å². The molecule has 0 spiro atoms. The Balaban J connectivity index is 1.73. The van der Waals surface area contributed by atoms with E-state index in [4.69, 9.17) is 5.14 Å². The number of carbonyl (C=O) groups is 2. The molecule has 1 aromatic carbocycles. The Morgan fingerprint density at radius 3 is 2.04 bits per heavy atom. The zero-order valence-electron chi connectivity index (χ0n) is 15.9. The molecule has 0 unspecified atom stereocenters. The number of hydrogen-bond acceptors (Lipinski definition) is 4. The highest BCUT2D eigenvalue weighted by Gasteiger charge is 2.29. The molecule has 27 heavy (non-hydrogen) atoms. The van der Waals surface area contributed by atoms with Gasteiger partial charge in [-0.25, -0.2) is 13.6 Å². The Morgan fingerprint density at radius 2 is 1.56 bits per heavy atom. The summed E-state index contributed by atoms with van der Waals surface area (Å²) >= 11 is 0. The maximum absolute atomic E-state index is 12.3. The van der Waals surface area contributed by atoms with Crippen LogP contribution < -0.4 is 15.8 Å². The van der Waals surface area contributed by atoms with Gasteiger partial charge in [0, 0.05) is 24.4 Å². The molecule has 7 nitrogen and oxygen atoms in total. The van der Waals surface area contributed by atoms with Gasteiger partial charge in [0.2, 0.25) is 21.8 Å². The molecule has 0 radical (unpaired) electrons. The van der Waals surface area contributed by atoms with Crippen molar-refractivity contribution < 1.29 is 18.0 Å². The lowest BCUT2D eigenvalue weighted by Crippen LogP contribution is -2.39. The van der Waals surface area contributed by atoms with Crippen LogP contribution in [0.4, 0.5) is 0 Å². The predicted octanol–water partition coefficient (Wildman–Crippen LogP) is 1.32. The molecule has 1 aliphatic rings. The number of primary sulfonamides is 1. The van der Waals surface area contributed by atoms with E-state index in [1.54, 1.807) is 12.1 Å². The number of rotatable bonds is 7. The highest BCUT2D eigenvalue weighted by Crippen LogP contribution is 2.29. The standard InChI is InChI=1S/C19H29N3O4S/c1-13(2)22-19(24)16-7-5-15(6-8-16)18(23)21-12-11-14-3-9-17(10-4-14)27(20,25)26/h3-4,9-10,13,15-16H,5-8,11-12H2,1-2H3,(H,21,23)(H,22,24)(H2,20,25,26). The summed E-state index contributed by atoms with van der Waals surface area (Å²) in [5.41, 5.74) is 0.928. The Bertz CT molecular complexity index is 752. The molecule has 4 N–H and O–H groups in total. The number of hydrogen-bond donors (Lipinski definition) is 3. The van der Waals surface area contributed by atoms with Crippen LogP contribution in [-0.2, 0) is 26.0 Å². The van der Waals surface area contributed by atoms with Crippen LogP contribution in [0.15, 0.2) is 29.2 Å². The summed E-state index contributed by atoms with van der Waals surface area (Å²) in [4.78, 5) is 24.4. The van der Waals surface area contributed by atoms with Crippen molar-refractivity contribution in [3.8, 4) is 0 Å². The molecule has 0 atom stereocenters. The van der Waals surface area contributed by atoms with E-state index in [-0.39, 0.29) is 34.6 Å². The van der Waals surface area contributed by atoms with Crippen LogP contribution in [0.5, 0.6) is 0 Å². The van der Waals surface area contributed by atoms with Gasteiger partial charge in [0.05, 0.1) is 4.90 Å². The lowest BCUT2D eigenvalue weighted by Gasteiger charge is -2.27. The second-order valence-corrected chi connectivity index (χ2v) is 9.00. The third kappa shape index (κ3) is 6.62. The molecule has 1 fully saturated rings. The zero-order chi connectivity index (χ0) is 20.0. The maximum Gasteiger partial charge on any atom is 0.238 e. The van der Waals surface area contributed by atoms with Gasteiger partial charge in [0.1, 0.15) is 0 Å². The number of sulfonamides is 1. The quantitative estimate of drug-likeness (QED) is 0.645. The first kappa shape index (κ1) is 21.4. The first-order valence-electron chi connectivity index (χ1n) is 9.36. The second-order valence-electron chi connectivity index (χ2n) is 7.44. The predicted molar refractivity (Wildman–Crippen MR) is 103 cm³/mol. The van der Waals surface area contributed by atoms with Crippen molar-refractivity contribution in [1.29, 1.82) is 0 Å². The first-order chi connectivity index (χ1) is 12.7. The van der Waals surface area contributed by atoms with Gasteiger partial charge in [-0.3, -0.25) is 9.59 Å². The Kier molecular flexibility index (Phi) is 7.38. The van der Waals surface area contributed by atoms with Crippen LogP contribution in [-0.4, -0.2) is 32.8 Å². The molecule has 150 valence electrons. The van der Waals surface area contributed by atoms with Gasteiger partial charge in [0.15, 0.2) is 0 Å². The Hall–Kier alpha value is -1.93. The zero-order valence-corrected chi connectivity index (χ0v) is 16.7. The Morgan fingerprint density at radius 1 is 1.04 bits per heavy atom. The van der Waals surface area contributed by atoms with E-state index in [1.165, 1.54) is 12.1 Å². The van der Waals surface area contributed by atoms with Crippen molar-refractivity contribution in [1.82, 2.24) is 10.6 Å². The van der Waals surface area contributed by atoms with E-state index in [9.17, 15) is 18.0 Å². The fraction of sp³-hybridized carbons (Fsp3) is 0.579. The van der Waals surface area contributed by atoms with E-state index >= 15 is 0 Å². The molecular weight excluding hydrogens is 366 g/mol. The molecule has 1 saturated carbocycles. The number of benzene rings is 1. The summed E-state index contributed by atoms with van der Waals surface area (Å²) in [5, 5.41) is 10.9. The van der Waals surface area contributed by atoms with Crippen molar-refractivity contribution in [3.63, 3.8) is 0 Å². The fourth-order valence-corrected chi connectivity index (χ4v) is 3.86. The minimum absolute atomic E-state index is 0.00814. The third-order valence-electron chi connectivity index (χ3n) is 4.86. The number of nitrogens with one attached hydrogen (secondary N) is 2. The van der Waals surface area contributed by atoms with Crippen molar-refractivity contribution in [2.75, 3.05) is 6.54 Å². The van der Waals surface area contributed by atoms with Crippen molar-refractivity contribution in [2.45, 2.75) is 56.9 Å². The van der Waals surface area contributed by atoms with E-state index in [2.05, 4.69) is 10.6 Å². The molecule has 0 aromatic heterocycles. The van der Waals surface area contributed by atoms with Crippen LogP contribution in [0.25, 0.3) is 0 Å².